The first-order valence-corrected chi connectivity index (χ1v) is 8.33. The Morgan fingerprint density at radius 1 is 1.29 bits per heavy atom. The average molecular weight is 382 g/mol. The van der Waals surface area contributed by atoms with Crippen molar-refractivity contribution in [2.75, 3.05) is 12.4 Å². The van der Waals surface area contributed by atoms with Crippen LogP contribution in [0, 0.1) is 10.1 Å². The van der Waals surface area contributed by atoms with E-state index in [1.165, 1.54) is 7.11 Å². The molecule has 0 fully saturated rings. The number of allylic oxidation sites excluding steroid dienone is 2. The quantitative estimate of drug-likeness (QED) is 0.409. The Balaban J connectivity index is 2.30. The summed E-state index contributed by atoms with van der Waals surface area (Å²) in [5, 5.41) is 26.9. The summed E-state index contributed by atoms with van der Waals surface area (Å²) in [6.45, 7) is 1.55. The number of nitrogens with one attached hydrogen (secondary N) is 2. The molecule has 0 unspecified atom stereocenters. The van der Waals surface area contributed by atoms with Crippen LogP contribution in [0.5, 0.6) is 0 Å². The maximum atomic E-state index is 11.8. The van der Waals surface area contributed by atoms with Crippen molar-refractivity contribution in [1.29, 1.82) is 0 Å². The second-order valence-corrected chi connectivity index (χ2v) is 6.00. The van der Waals surface area contributed by atoms with Crippen LogP contribution >= 0.6 is 0 Å². The second-order valence-electron chi connectivity index (χ2n) is 6.00. The van der Waals surface area contributed by atoms with Gasteiger partial charge in [0.15, 0.2) is 5.88 Å². The van der Waals surface area contributed by atoms with Gasteiger partial charge in [-0.25, -0.2) is 4.79 Å². The van der Waals surface area contributed by atoms with Gasteiger partial charge in [-0.05, 0) is 29.5 Å². The Morgan fingerprint density at radius 3 is 2.57 bits per heavy atom. The number of nitro groups is 1. The highest BCUT2D eigenvalue weighted by Crippen LogP contribution is 2.37. The standard InChI is InChI=1S/C19H18N4O5/c1-11-15(18(28-2)21-12-7-9-20-10-8-12)13-5-3-4-6-14(13)16(19(24)25)22-17(11)23(26)27/h3-10,16,22H,1-2H3,(H,20,21)(H,24,25)/b18-15-/t16-/m1/s1. The largest absolute Gasteiger partial charge is 0.482 e. The number of carboxylic acids is 1. The lowest BCUT2D eigenvalue weighted by molar-refractivity contribution is -0.433. The first-order chi connectivity index (χ1) is 13.4. The molecule has 1 aromatic carbocycles. The van der Waals surface area contributed by atoms with Crippen molar-refractivity contribution in [3.8, 4) is 0 Å². The van der Waals surface area contributed by atoms with Crippen molar-refractivity contribution < 1.29 is 19.6 Å². The van der Waals surface area contributed by atoms with Gasteiger partial charge in [-0.3, -0.25) is 10.3 Å². The minimum absolute atomic E-state index is 0.250. The zero-order valence-corrected chi connectivity index (χ0v) is 15.2. The van der Waals surface area contributed by atoms with Crippen molar-refractivity contribution >= 4 is 17.2 Å². The van der Waals surface area contributed by atoms with E-state index in [0.717, 1.165) is 0 Å². The van der Waals surface area contributed by atoms with Gasteiger partial charge < -0.3 is 25.3 Å². The molecule has 1 atom stereocenters. The van der Waals surface area contributed by atoms with Crippen LogP contribution in [-0.4, -0.2) is 28.1 Å². The molecule has 3 rings (SSSR count). The van der Waals surface area contributed by atoms with Crippen LogP contribution in [0.2, 0.25) is 0 Å². The van der Waals surface area contributed by atoms with Gasteiger partial charge in [0.05, 0.1) is 18.3 Å². The summed E-state index contributed by atoms with van der Waals surface area (Å²) in [5.74, 6) is -1.37. The molecule has 28 heavy (non-hydrogen) atoms. The van der Waals surface area contributed by atoms with E-state index >= 15 is 0 Å². The molecule has 0 saturated carbocycles. The maximum Gasteiger partial charge on any atom is 0.353 e. The van der Waals surface area contributed by atoms with Crippen molar-refractivity contribution in [2.45, 2.75) is 13.0 Å². The fourth-order valence-corrected chi connectivity index (χ4v) is 3.08. The molecule has 1 aliphatic heterocycles. The Kier molecular flexibility index (Phi) is 5.25. The number of fused-ring (bicyclic) bond motifs is 1. The van der Waals surface area contributed by atoms with Gasteiger partial charge in [0, 0.05) is 23.6 Å². The number of carboxylic acid groups (broad SMARTS) is 1. The summed E-state index contributed by atoms with van der Waals surface area (Å²) in [4.78, 5) is 26.8. The number of hydrogen-bond donors (Lipinski definition) is 3. The van der Waals surface area contributed by atoms with Gasteiger partial charge in [-0.15, -0.1) is 0 Å². The number of pyridine rings is 1. The van der Waals surface area contributed by atoms with Gasteiger partial charge >= 0.3 is 11.8 Å². The topological polar surface area (TPSA) is 127 Å². The molecule has 9 heteroatoms. The number of rotatable bonds is 5. The van der Waals surface area contributed by atoms with Crippen LogP contribution in [0.1, 0.15) is 24.1 Å². The third kappa shape index (κ3) is 3.50. The molecule has 3 N–H and O–H groups in total. The van der Waals surface area contributed by atoms with Crippen molar-refractivity contribution in [3.63, 3.8) is 0 Å². The molecule has 1 aliphatic rings. The van der Waals surface area contributed by atoms with Crippen molar-refractivity contribution in [2.24, 2.45) is 0 Å². The lowest BCUT2D eigenvalue weighted by Gasteiger charge is -2.17. The zero-order chi connectivity index (χ0) is 20.3. The van der Waals surface area contributed by atoms with E-state index < -0.39 is 22.8 Å². The van der Waals surface area contributed by atoms with E-state index in [1.807, 2.05) is 0 Å². The summed E-state index contributed by atoms with van der Waals surface area (Å²) >= 11 is 0. The van der Waals surface area contributed by atoms with E-state index in [9.17, 15) is 20.0 Å². The first-order valence-electron chi connectivity index (χ1n) is 8.33. The van der Waals surface area contributed by atoms with E-state index in [0.29, 0.717) is 22.4 Å². The average Bonchev–Trinajstić information content (AvgIpc) is 2.81. The minimum Gasteiger partial charge on any atom is -0.482 e. The highest BCUT2D eigenvalue weighted by molar-refractivity contribution is 5.88. The Bertz CT molecular complexity index is 985. The molecule has 1 aromatic heterocycles. The number of carbonyl (C=O) groups is 1. The lowest BCUT2D eigenvalue weighted by Crippen LogP contribution is -2.30. The van der Waals surface area contributed by atoms with E-state index in [-0.39, 0.29) is 11.5 Å². The van der Waals surface area contributed by atoms with Gasteiger partial charge in [-0.1, -0.05) is 24.3 Å². The molecular weight excluding hydrogens is 364 g/mol. The molecule has 0 amide bonds. The molecule has 0 aliphatic carbocycles. The number of aromatic nitrogens is 1. The van der Waals surface area contributed by atoms with Crippen molar-refractivity contribution in [1.82, 2.24) is 10.3 Å². The summed E-state index contributed by atoms with van der Waals surface area (Å²) in [6, 6.07) is 8.91. The summed E-state index contributed by atoms with van der Waals surface area (Å²) in [7, 11) is 1.44. The number of methoxy groups -OCH3 is 1. The molecular formula is C19H18N4O5. The summed E-state index contributed by atoms with van der Waals surface area (Å²) in [5.41, 5.74) is 2.24. The number of hydrogen-bond acceptors (Lipinski definition) is 7. The number of anilines is 1. The highest BCUT2D eigenvalue weighted by atomic mass is 16.6. The van der Waals surface area contributed by atoms with Gasteiger partial charge in [0.1, 0.15) is 0 Å². The fourth-order valence-electron chi connectivity index (χ4n) is 3.08. The Labute approximate surface area is 160 Å². The van der Waals surface area contributed by atoms with E-state index in [4.69, 9.17) is 4.74 Å². The lowest BCUT2D eigenvalue weighted by atomic mass is 9.93. The Morgan fingerprint density at radius 2 is 1.96 bits per heavy atom. The van der Waals surface area contributed by atoms with Gasteiger partial charge in [0.25, 0.3) is 0 Å². The fraction of sp³-hybridized carbons (Fsp3) is 0.158. The second kappa shape index (κ2) is 7.78. The zero-order valence-electron chi connectivity index (χ0n) is 15.2. The molecule has 0 spiro atoms. The third-order valence-electron chi connectivity index (χ3n) is 4.35. The molecule has 0 radical (unpaired) electrons. The van der Waals surface area contributed by atoms with Crippen molar-refractivity contribution in [3.05, 3.63) is 87.3 Å². The number of nitrogens with zero attached hydrogens (tertiary/aromatic N) is 2. The SMILES string of the molecule is CO/C(Nc1ccncc1)=C1/C(C)=C([N+](=O)[O-])N[C@@H](C(=O)O)c2ccccc21. The van der Waals surface area contributed by atoms with Crippen LogP contribution in [0.3, 0.4) is 0 Å². The monoisotopic (exact) mass is 382 g/mol. The molecule has 2 aromatic rings. The normalized spacial score (nSPS) is 17.7. The highest BCUT2D eigenvalue weighted by Gasteiger charge is 2.36. The van der Waals surface area contributed by atoms with Crippen LogP contribution < -0.4 is 10.6 Å². The van der Waals surface area contributed by atoms with E-state index in [2.05, 4.69) is 15.6 Å². The number of benzene rings is 1. The van der Waals surface area contributed by atoms with Crippen LogP contribution in [0.25, 0.3) is 5.57 Å². The number of ether oxygens (including phenoxy) is 1. The van der Waals surface area contributed by atoms with Crippen LogP contribution in [0.15, 0.2) is 66.1 Å². The van der Waals surface area contributed by atoms with Gasteiger partial charge in [0.2, 0.25) is 6.04 Å². The molecule has 0 bridgehead atoms. The summed E-state index contributed by atoms with van der Waals surface area (Å²) in [6.07, 6.45) is 3.18. The summed E-state index contributed by atoms with van der Waals surface area (Å²) < 4.78 is 5.52. The predicted molar refractivity (Wildman–Crippen MR) is 101 cm³/mol. The molecule has 144 valence electrons. The van der Waals surface area contributed by atoms with E-state index in [1.54, 1.807) is 55.7 Å². The smallest absolute Gasteiger partial charge is 0.353 e. The van der Waals surface area contributed by atoms with Crippen LogP contribution in [-0.2, 0) is 9.53 Å². The first kappa shape index (κ1) is 18.9. The van der Waals surface area contributed by atoms with Gasteiger partial charge in [-0.2, -0.15) is 0 Å². The molecule has 9 nitrogen and oxygen atoms in total. The Hall–Kier alpha value is -3.88. The molecule has 0 saturated heterocycles. The van der Waals surface area contributed by atoms with Crippen LogP contribution in [0.4, 0.5) is 5.69 Å². The number of aliphatic carboxylic acids is 1. The maximum absolute atomic E-state index is 11.8. The third-order valence-corrected chi connectivity index (χ3v) is 4.35. The minimum atomic E-state index is -1.27. The predicted octanol–water partition coefficient (Wildman–Crippen LogP) is 2.75. The molecule has 2 heterocycles.